The highest BCUT2D eigenvalue weighted by molar-refractivity contribution is 5.40. The van der Waals surface area contributed by atoms with Gasteiger partial charge in [-0.25, -0.2) is 0 Å². The minimum absolute atomic E-state index is 0.378. The van der Waals surface area contributed by atoms with Crippen LogP contribution in [-0.2, 0) is 11.2 Å². The lowest BCUT2D eigenvalue weighted by molar-refractivity contribution is 0.0802. The number of allylic oxidation sites excluding steroid dienone is 1. The Bertz CT molecular complexity index is 725. The van der Waals surface area contributed by atoms with Gasteiger partial charge in [0.25, 0.3) is 0 Å². The monoisotopic (exact) mass is 383 g/mol. The van der Waals surface area contributed by atoms with Crippen molar-refractivity contribution in [1.29, 1.82) is 0 Å². The minimum atomic E-state index is 0.378. The Kier molecular flexibility index (Phi) is 5.85. The topological polar surface area (TPSA) is 32.7 Å². The summed E-state index contributed by atoms with van der Waals surface area (Å²) in [5.41, 5.74) is 4.96. The predicted molar refractivity (Wildman–Crippen MR) is 115 cm³/mol. The maximum Gasteiger partial charge on any atom is 0.115 e. The van der Waals surface area contributed by atoms with Crippen molar-refractivity contribution in [2.45, 2.75) is 57.8 Å². The van der Waals surface area contributed by atoms with Gasteiger partial charge in [0.2, 0.25) is 0 Å². The normalized spacial score (nSPS) is 33.0. The average molecular weight is 384 g/mol. The molecule has 3 heteroatoms. The van der Waals surface area contributed by atoms with Gasteiger partial charge in [-0.05, 0) is 112 Å². The molecule has 1 aromatic carbocycles. The van der Waals surface area contributed by atoms with E-state index in [1.807, 2.05) is 12.1 Å². The van der Waals surface area contributed by atoms with E-state index in [-0.39, 0.29) is 0 Å². The van der Waals surface area contributed by atoms with Crippen LogP contribution < -0.4 is 0 Å². The summed E-state index contributed by atoms with van der Waals surface area (Å²) in [6, 6.07) is 6.10. The van der Waals surface area contributed by atoms with E-state index >= 15 is 0 Å². The van der Waals surface area contributed by atoms with Crippen LogP contribution in [0.4, 0.5) is 0 Å². The number of aromatic hydroxyl groups is 1. The Morgan fingerprint density at radius 2 is 2.07 bits per heavy atom. The number of hydrogen-bond acceptors (Lipinski definition) is 3. The molecule has 0 spiro atoms. The molecule has 2 saturated carbocycles. The lowest BCUT2D eigenvalue weighted by Crippen LogP contribution is -2.40. The summed E-state index contributed by atoms with van der Waals surface area (Å²) >= 11 is 0. The van der Waals surface area contributed by atoms with Gasteiger partial charge < -0.3 is 14.7 Å². The molecule has 0 unspecified atom stereocenters. The molecule has 154 valence electrons. The highest BCUT2D eigenvalue weighted by atomic mass is 16.5. The van der Waals surface area contributed by atoms with E-state index in [0.717, 1.165) is 44.4 Å². The second-order valence-corrected chi connectivity index (χ2v) is 9.75. The summed E-state index contributed by atoms with van der Waals surface area (Å²) in [6.45, 7) is 5.27. The van der Waals surface area contributed by atoms with Crippen molar-refractivity contribution in [2.24, 2.45) is 17.3 Å². The van der Waals surface area contributed by atoms with Gasteiger partial charge in [-0.3, -0.25) is 0 Å². The molecule has 4 rings (SSSR count). The van der Waals surface area contributed by atoms with Gasteiger partial charge in [-0.1, -0.05) is 24.6 Å². The first-order valence-corrected chi connectivity index (χ1v) is 11.2. The Hall–Kier alpha value is -1.32. The third-order valence-corrected chi connectivity index (χ3v) is 7.90. The first-order chi connectivity index (χ1) is 13.5. The van der Waals surface area contributed by atoms with Gasteiger partial charge in [0.05, 0.1) is 6.61 Å². The lowest BCUT2D eigenvalue weighted by atomic mass is 9.55. The molecule has 0 bridgehead atoms. The SMILES string of the molecule is CN(C)CCCOC/C=C1\CC[C@H]2[C@@H]3CCc4cc(O)ccc4[C@H]3CC[C@]12C. The molecule has 0 heterocycles. The summed E-state index contributed by atoms with van der Waals surface area (Å²) in [7, 11) is 4.23. The quantitative estimate of drug-likeness (QED) is 0.545. The van der Waals surface area contributed by atoms with Crippen LogP contribution in [0.15, 0.2) is 29.8 Å². The lowest BCUT2D eigenvalue weighted by Gasteiger charge is -2.49. The molecule has 3 nitrogen and oxygen atoms in total. The molecule has 0 aliphatic heterocycles. The first kappa shape index (κ1) is 20.0. The summed E-state index contributed by atoms with van der Waals surface area (Å²) in [5, 5.41) is 9.85. The number of fused-ring (bicyclic) bond motifs is 5. The van der Waals surface area contributed by atoms with Crippen LogP contribution in [0.1, 0.15) is 62.5 Å². The number of ether oxygens (including phenoxy) is 1. The van der Waals surface area contributed by atoms with Gasteiger partial charge in [-0.2, -0.15) is 0 Å². The molecule has 0 saturated heterocycles. The molecule has 0 aromatic heterocycles. The number of nitrogens with zero attached hydrogens (tertiary/aromatic N) is 1. The summed E-state index contributed by atoms with van der Waals surface area (Å²) in [5.74, 6) is 2.74. The molecule has 28 heavy (non-hydrogen) atoms. The summed E-state index contributed by atoms with van der Waals surface area (Å²) < 4.78 is 5.91. The van der Waals surface area contributed by atoms with E-state index < -0.39 is 0 Å². The average Bonchev–Trinajstić information content (AvgIpc) is 3.00. The molecule has 2 fully saturated rings. The zero-order valence-corrected chi connectivity index (χ0v) is 17.9. The van der Waals surface area contributed by atoms with Crippen LogP contribution >= 0.6 is 0 Å². The van der Waals surface area contributed by atoms with Crippen LogP contribution in [0, 0.1) is 17.3 Å². The molecule has 3 aliphatic rings. The summed E-state index contributed by atoms with van der Waals surface area (Å²) in [6.07, 6.45) is 11.1. The number of benzene rings is 1. The standard InChI is InChI=1S/C25H37NO2/c1-25-13-11-22-21-9-7-20(27)17-18(21)5-8-23(22)24(25)10-6-19(25)12-16-28-15-4-14-26(2)3/h7,9,12,17,22-24,27H,4-6,8,10-11,13-16H2,1-3H3/b19-12+/t22-,23-,24+,25-/m1/s1. The number of rotatable bonds is 6. The number of hydrogen-bond donors (Lipinski definition) is 1. The zero-order chi connectivity index (χ0) is 19.7. The van der Waals surface area contributed by atoms with E-state index in [0.29, 0.717) is 17.1 Å². The van der Waals surface area contributed by atoms with Gasteiger partial charge in [0, 0.05) is 6.61 Å². The van der Waals surface area contributed by atoms with E-state index in [4.69, 9.17) is 4.74 Å². The van der Waals surface area contributed by atoms with E-state index in [1.165, 1.54) is 43.2 Å². The minimum Gasteiger partial charge on any atom is -0.508 e. The number of phenolic OH excluding ortho intramolecular Hbond substituents is 1. The van der Waals surface area contributed by atoms with Gasteiger partial charge in [0.1, 0.15) is 5.75 Å². The van der Waals surface area contributed by atoms with Crippen molar-refractivity contribution >= 4 is 0 Å². The van der Waals surface area contributed by atoms with Gasteiger partial charge in [-0.15, -0.1) is 0 Å². The fourth-order valence-corrected chi connectivity index (χ4v) is 6.48. The number of aryl methyl sites for hydroxylation is 1. The second kappa shape index (κ2) is 8.20. The Morgan fingerprint density at radius 3 is 2.89 bits per heavy atom. The van der Waals surface area contributed by atoms with E-state index in [9.17, 15) is 5.11 Å². The third kappa shape index (κ3) is 3.76. The van der Waals surface area contributed by atoms with E-state index in [2.05, 4.69) is 38.1 Å². The molecular formula is C25H37NO2. The van der Waals surface area contributed by atoms with Crippen LogP contribution in [0.25, 0.3) is 0 Å². The summed E-state index contributed by atoms with van der Waals surface area (Å²) in [4.78, 5) is 2.21. The second-order valence-electron chi connectivity index (χ2n) is 9.75. The van der Waals surface area contributed by atoms with Crippen LogP contribution in [-0.4, -0.2) is 43.9 Å². The smallest absolute Gasteiger partial charge is 0.115 e. The molecular weight excluding hydrogens is 346 g/mol. The highest BCUT2D eigenvalue weighted by Gasteiger charge is 2.52. The van der Waals surface area contributed by atoms with Crippen molar-refractivity contribution in [1.82, 2.24) is 4.90 Å². The molecule has 0 radical (unpaired) electrons. The zero-order valence-electron chi connectivity index (χ0n) is 17.9. The maximum absolute atomic E-state index is 9.85. The Balaban J connectivity index is 1.41. The fraction of sp³-hybridized carbons (Fsp3) is 0.680. The molecule has 4 atom stereocenters. The highest BCUT2D eigenvalue weighted by Crippen LogP contribution is 2.62. The van der Waals surface area contributed by atoms with Crippen molar-refractivity contribution in [2.75, 3.05) is 33.9 Å². The first-order valence-electron chi connectivity index (χ1n) is 11.2. The Labute approximate surface area is 170 Å². The predicted octanol–water partition coefficient (Wildman–Crippen LogP) is 5.14. The number of phenols is 1. The molecule has 1 N–H and O–H groups in total. The molecule has 1 aromatic rings. The van der Waals surface area contributed by atoms with Crippen molar-refractivity contribution in [3.8, 4) is 5.75 Å². The van der Waals surface area contributed by atoms with E-state index in [1.54, 1.807) is 5.57 Å². The van der Waals surface area contributed by atoms with Crippen LogP contribution in [0.3, 0.4) is 0 Å². The van der Waals surface area contributed by atoms with Crippen LogP contribution in [0.5, 0.6) is 5.75 Å². The fourth-order valence-electron chi connectivity index (χ4n) is 6.48. The van der Waals surface area contributed by atoms with Gasteiger partial charge >= 0.3 is 0 Å². The van der Waals surface area contributed by atoms with Crippen molar-refractivity contribution < 1.29 is 9.84 Å². The Morgan fingerprint density at radius 1 is 1.21 bits per heavy atom. The van der Waals surface area contributed by atoms with Gasteiger partial charge in [0.15, 0.2) is 0 Å². The molecule has 3 aliphatic carbocycles. The maximum atomic E-state index is 9.85. The van der Waals surface area contributed by atoms with Crippen molar-refractivity contribution in [3.63, 3.8) is 0 Å². The van der Waals surface area contributed by atoms with Crippen LogP contribution in [0.2, 0.25) is 0 Å². The third-order valence-electron chi connectivity index (χ3n) is 7.90. The molecule has 0 amide bonds. The van der Waals surface area contributed by atoms with Crippen molar-refractivity contribution in [3.05, 3.63) is 41.0 Å². The largest absolute Gasteiger partial charge is 0.508 e.